The van der Waals surface area contributed by atoms with Crippen LogP contribution in [-0.2, 0) is 22.6 Å². The van der Waals surface area contributed by atoms with E-state index < -0.39 is 17.7 Å². The summed E-state index contributed by atoms with van der Waals surface area (Å²) in [4.78, 5) is 40.4. The number of hydrogen-bond acceptors (Lipinski definition) is 3. The molecule has 1 heterocycles. The number of para-hydroxylation sites is 1. The summed E-state index contributed by atoms with van der Waals surface area (Å²) >= 11 is 0. The molecular formula is C27H31N2O5+. The van der Waals surface area contributed by atoms with Gasteiger partial charge in [0, 0.05) is 42.0 Å². The molecular weight excluding hydrogens is 432 g/mol. The zero-order chi connectivity index (χ0) is 23.9. The highest BCUT2D eigenvalue weighted by atomic mass is 16.4. The number of amides is 2. The van der Waals surface area contributed by atoms with Gasteiger partial charge in [-0.3, -0.25) is 14.5 Å². The van der Waals surface area contributed by atoms with Gasteiger partial charge in [0.05, 0.1) is 6.42 Å². The van der Waals surface area contributed by atoms with Gasteiger partial charge in [0.15, 0.2) is 5.66 Å². The number of rotatable bonds is 7. The van der Waals surface area contributed by atoms with Crippen LogP contribution in [0.4, 0.5) is 10.5 Å². The topological polar surface area (TPSA) is 94.9 Å². The van der Waals surface area contributed by atoms with E-state index in [4.69, 9.17) is 0 Å². The first kappa shape index (κ1) is 22.6. The van der Waals surface area contributed by atoms with Crippen molar-refractivity contribution in [2.45, 2.75) is 69.6 Å². The molecule has 0 radical (unpaired) electrons. The minimum Gasteiger partial charge on any atom is -0.481 e. The van der Waals surface area contributed by atoms with Crippen molar-refractivity contribution < 1.29 is 24.6 Å². The summed E-state index contributed by atoms with van der Waals surface area (Å²) in [7, 11) is 0. The summed E-state index contributed by atoms with van der Waals surface area (Å²) in [6.07, 6.45) is 3.38. The zero-order valence-corrected chi connectivity index (χ0v) is 19.2. The van der Waals surface area contributed by atoms with Crippen molar-refractivity contribution in [1.29, 1.82) is 0 Å². The van der Waals surface area contributed by atoms with Crippen molar-refractivity contribution in [1.82, 2.24) is 9.38 Å². The summed E-state index contributed by atoms with van der Waals surface area (Å²) in [6.45, 7) is 0.235. The normalized spacial score (nSPS) is 27.5. The van der Waals surface area contributed by atoms with Crippen LogP contribution < -0.4 is 4.48 Å². The van der Waals surface area contributed by atoms with Crippen LogP contribution in [-0.4, -0.2) is 44.8 Å². The Morgan fingerprint density at radius 3 is 2.32 bits per heavy atom. The smallest absolute Gasteiger partial charge is 0.481 e. The number of hydrogen-bond donors (Lipinski definition) is 2. The molecule has 3 aliphatic rings. The van der Waals surface area contributed by atoms with Crippen molar-refractivity contribution in [3.63, 3.8) is 0 Å². The molecule has 34 heavy (non-hydrogen) atoms. The van der Waals surface area contributed by atoms with Gasteiger partial charge in [-0.05, 0) is 32.1 Å². The lowest BCUT2D eigenvalue weighted by Crippen LogP contribution is -2.79. The van der Waals surface area contributed by atoms with Gasteiger partial charge < -0.3 is 10.2 Å². The number of carbonyl (C=O) groups excluding carboxylic acids is 1. The average molecular weight is 464 g/mol. The van der Waals surface area contributed by atoms with Crippen molar-refractivity contribution in [3.8, 4) is 0 Å². The molecule has 2 aromatic rings. The van der Waals surface area contributed by atoms with Crippen LogP contribution in [0.1, 0.15) is 56.1 Å². The van der Waals surface area contributed by atoms with E-state index in [-0.39, 0.29) is 41.7 Å². The van der Waals surface area contributed by atoms with Crippen LogP contribution in [0.2, 0.25) is 0 Å². The Morgan fingerprint density at radius 2 is 1.65 bits per heavy atom. The van der Waals surface area contributed by atoms with Gasteiger partial charge in [0.2, 0.25) is 5.91 Å². The second-order valence-electron chi connectivity index (χ2n) is 9.93. The summed E-state index contributed by atoms with van der Waals surface area (Å²) in [6, 6.07) is 17.4. The molecule has 2 aromatic carbocycles. The zero-order valence-electron chi connectivity index (χ0n) is 19.2. The molecule has 7 nitrogen and oxygen atoms in total. The first-order valence-corrected chi connectivity index (χ1v) is 12.2. The minimum absolute atomic E-state index is 0.00316. The maximum atomic E-state index is 13.7. The summed E-state index contributed by atoms with van der Waals surface area (Å²) in [5.74, 6) is -1.24. The van der Waals surface area contributed by atoms with E-state index in [1.165, 1.54) is 0 Å². The number of carbonyl (C=O) groups is 3. The molecule has 0 aromatic heterocycles. The predicted molar refractivity (Wildman–Crippen MR) is 127 cm³/mol. The Morgan fingerprint density at radius 1 is 0.941 bits per heavy atom. The standard InChI is InChI=1S/C27H30N2O5/c30-24(14-15-25(31)32)28(22-12-13-22)27-16-6-10-21(27)17-20-9-4-5-11-23(20)29(27,26(33)34)18-19-7-2-1-3-8-19/h1-5,7-9,11,21-22H,6,10,12-18H2,(H-,31,32,33,34)/p+1/t21-,27-,29+/m1/s1. The van der Waals surface area contributed by atoms with Crippen molar-refractivity contribution >= 4 is 23.7 Å². The van der Waals surface area contributed by atoms with E-state index in [2.05, 4.69) is 0 Å². The fourth-order valence-corrected chi connectivity index (χ4v) is 6.66. The molecule has 0 unspecified atom stereocenters. The number of benzene rings is 2. The van der Waals surface area contributed by atoms with Crippen LogP contribution >= 0.6 is 0 Å². The molecule has 2 aliphatic carbocycles. The third-order valence-corrected chi connectivity index (χ3v) is 8.02. The van der Waals surface area contributed by atoms with Gasteiger partial charge in [-0.1, -0.05) is 48.5 Å². The predicted octanol–water partition coefficient (Wildman–Crippen LogP) is 4.78. The molecule has 2 N–H and O–H groups in total. The number of carboxylic acids is 1. The number of nitrogens with zero attached hydrogens (tertiary/aromatic N) is 2. The monoisotopic (exact) mass is 463 g/mol. The van der Waals surface area contributed by atoms with E-state index >= 15 is 0 Å². The second kappa shape index (κ2) is 8.55. The average Bonchev–Trinajstić information content (AvgIpc) is 3.56. The number of carboxylic acid groups (broad SMARTS) is 2. The third kappa shape index (κ3) is 3.41. The summed E-state index contributed by atoms with van der Waals surface area (Å²) in [5.41, 5.74) is 1.73. The molecule has 0 saturated heterocycles. The van der Waals surface area contributed by atoms with Crippen molar-refractivity contribution in [2.24, 2.45) is 5.92 Å². The van der Waals surface area contributed by atoms with Crippen LogP contribution in [0, 0.1) is 5.92 Å². The van der Waals surface area contributed by atoms with E-state index in [0.29, 0.717) is 6.42 Å². The van der Waals surface area contributed by atoms with Gasteiger partial charge in [-0.25, -0.2) is 0 Å². The fourth-order valence-electron chi connectivity index (χ4n) is 6.66. The van der Waals surface area contributed by atoms with Gasteiger partial charge in [0.25, 0.3) is 0 Å². The lowest BCUT2D eigenvalue weighted by Gasteiger charge is -2.57. The summed E-state index contributed by atoms with van der Waals surface area (Å²) < 4.78 is -0.340. The first-order valence-electron chi connectivity index (χ1n) is 12.2. The molecule has 178 valence electrons. The minimum atomic E-state index is -1.01. The van der Waals surface area contributed by atoms with E-state index in [1.54, 1.807) is 0 Å². The quantitative estimate of drug-likeness (QED) is 0.576. The van der Waals surface area contributed by atoms with E-state index in [1.807, 2.05) is 59.5 Å². The fraction of sp³-hybridized carbons (Fsp3) is 0.444. The Bertz CT molecular complexity index is 1120. The second-order valence-corrected chi connectivity index (χ2v) is 9.93. The van der Waals surface area contributed by atoms with Gasteiger partial charge >= 0.3 is 12.1 Å². The van der Waals surface area contributed by atoms with Crippen LogP contribution in [0.15, 0.2) is 54.6 Å². The number of quaternary nitrogens is 1. The molecule has 5 rings (SSSR count). The SMILES string of the molecule is O=C(O)CCC(=O)N(C1CC1)[C@@]12CCC[C@@H]1Cc1ccccc1[N@@+]2(Cc1ccccc1)C(=O)O. The van der Waals surface area contributed by atoms with Crippen molar-refractivity contribution in [2.75, 3.05) is 0 Å². The number of fused-ring (bicyclic) bond motifs is 2. The lowest BCUT2D eigenvalue weighted by molar-refractivity contribution is -0.155. The van der Waals surface area contributed by atoms with E-state index in [9.17, 15) is 24.6 Å². The number of aliphatic carboxylic acids is 1. The molecule has 2 amide bonds. The molecule has 3 atom stereocenters. The van der Waals surface area contributed by atoms with Crippen LogP contribution in [0.5, 0.6) is 0 Å². The van der Waals surface area contributed by atoms with Gasteiger partial charge in [-0.2, -0.15) is 9.28 Å². The molecule has 2 saturated carbocycles. The highest BCUT2D eigenvalue weighted by molar-refractivity contribution is 5.88. The maximum Gasteiger partial charge on any atom is 0.521 e. The Balaban J connectivity index is 1.74. The molecule has 2 fully saturated rings. The first-order chi connectivity index (χ1) is 16.4. The van der Waals surface area contributed by atoms with Gasteiger partial charge in [-0.15, -0.1) is 0 Å². The van der Waals surface area contributed by atoms with E-state index in [0.717, 1.165) is 48.9 Å². The highest BCUT2D eigenvalue weighted by Crippen LogP contribution is 2.58. The van der Waals surface area contributed by atoms with Crippen LogP contribution in [0.3, 0.4) is 0 Å². The molecule has 0 spiro atoms. The molecule has 1 aliphatic heterocycles. The van der Waals surface area contributed by atoms with Crippen LogP contribution in [0.25, 0.3) is 0 Å². The Kier molecular flexibility index (Phi) is 5.68. The van der Waals surface area contributed by atoms with Crippen molar-refractivity contribution in [3.05, 3.63) is 65.7 Å². The van der Waals surface area contributed by atoms with Gasteiger partial charge in [0.1, 0.15) is 12.2 Å². The Hall–Kier alpha value is -3.19. The summed E-state index contributed by atoms with van der Waals surface area (Å²) in [5, 5.41) is 20.3. The maximum absolute atomic E-state index is 13.7. The highest BCUT2D eigenvalue weighted by Gasteiger charge is 2.71. The largest absolute Gasteiger partial charge is 0.521 e. The molecule has 0 bridgehead atoms. The lowest BCUT2D eigenvalue weighted by atomic mass is 9.78. The Labute approximate surface area is 199 Å². The third-order valence-electron chi connectivity index (χ3n) is 8.02. The molecule has 7 heteroatoms.